The van der Waals surface area contributed by atoms with Crippen molar-refractivity contribution in [1.82, 2.24) is 4.98 Å². The van der Waals surface area contributed by atoms with Crippen LogP contribution in [0.4, 0.5) is 5.82 Å². The minimum atomic E-state index is -0.826. The van der Waals surface area contributed by atoms with E-state index in [1.54, 1.807) is 6.07 Å². The first-order valence-corrected chi connectivity index (χ1v) is 11.0. The van der Waals surface area contributed by atoms with Crippen LogP contribution in [-0.2, 0) is 20.8 Å². The van der Waals surface area contributed by atoms with Crippen LogP contribution in [0, 0.1) is 14.4 Å². The average molecular weight is 357 g/mol. The summed E-state index contributed by atoms with van der Waals surface area (Å²) in [6, 6.07) is 5.57. The fourth-order valence-corrected chi connectivity index (χ4v) is 0.990. The van der Waals surface area contributed by atoms with Crippen molar-refractivity contribution in [2.24, 2.45) is 0 Å². The zero-order valence-electron chi connectivity index (χ0n) is 10.8. The van der Waals surface area contributed by atoms with Crippen molar-refractivity contribution in [1.29, 1.82) is 0 Å². The molecule has 3 nitrogen and oxygen atoms in total. The monoisotopic (exact) mass is 355 g/mol. The molecule has 96 valence electrons. The molecule has 0 bridgehead atoms. The van der Waals surface area contributed by atoms with E-state index in [0.717, 1.165) is 5.69 Å². The Morgan fingerprint density at radius 3 is 2.12 bits per heavy atom. The molecule has 0 saturated heterocycles. The van der Waals surface area contributed by atoms with Gasteiger partial charge in [-0.1, -0.05) is 6.07 Å². The summed E-state index contributed by atoms with van der Waals surface area (Å²) in [6.45, 7) is 7.69. The van der Waals surface area contributed by atoms with Crippen molar-refractivity contribution in [3.8, 4) is 0 Å². The number of aromatic nitrogens is 1. The van der Waals surface area contributed by atoms with Gasteiger partial charge in [-0.15, -0.1) is 0 Å². The maximum atomic E-state index is 9.75. The fourth-order valence-electron chi connectivity index (χ4n) is 0.990. The van der Waals surface area contributed by atoms with Crippen LogP contribution in [0.5, 0.6) is 0 Å². The van der Waals surface area contributed by atoms with E-state index in [1.807, 2.05) is 39.8 Å². The summed E-state index contributed by atoms with van der Waals surface area (Å²) in [5.74, 6) is 0.590. The van der Waals surface area contributed by atoms with Gasteiger partial charge in [0.05, 0.1) is 5.54 Å². The summed E-state index contributed by atoms with van der Waals surface area (Å²) >= 11 is -0.826. The van der Waals surface area contributed by atoms with Crippen molar-refractivity contribution < 1.29 is 26.1 Å². The van der Waals surface area contributed by atoms with Crippen molar-refractivity contribution >= 4 is 22.8 Å². The molecule has 1 aromatic rings. The summed E-state index contributed by atoms with van der Waals surface area (Å²) in [4.78, 5) is 4.22. The summed E-state index contributed by atoms with van der Waals surface area (Å²) < 4.78 is 0. The molecule has 0 atom stereocenters. The molecule has 0 aromatic carbocycles. The van der Waals surface area contributed by atoms with Crippen LogP contribution < -0.4 is 5.06 Å². The molecule has 0 amide bonds. The van der Waals surface area contributed by atoms with Gasteiger partial charge in [-0.25, -0.2) is 10.0 Å². The van der Waals surface area contributed by atoms with Gasteiger partial charge in [0.1, 0.15) is 0 Å². The van der Waals surface area contributed by atoms with Gasteiger partial charge in [-0.2, -0.15) is 0 Å². The van der Waals surface area contributed by atoms with E-state index in [-0.39, 0.29) is 13.0 Å². The Kier molecular flexibility index (Phi) is 10.8. The van der Waals surface area contributed by atoms with Gasteiger partial charge in [-0.3, -0.25) is 5.21 Å². The predicted octanol–water partition coefficient (Wildman–Crippen LogP) is 4.21. The summed E-state index contributed by atoms with van der Waals surface area (Å²) in [5, 5.41) is 10.9. The molecular formula is C11H19Cl2N2OZr+. The molecule has 0 unspecified atom stereocenters. The van der Waals surface area contributed by atoms with Crippen molar-refractivity contribution in [2.75, 3.05) is 5.06 Å². The molecule has 0 radical (unpaired) electrons. The van der Waals surface area contributed by atoms with Crippen molar-refractivity contribution in [3.63, 3.8) is 0 Å². The summed E-state index contributed by atoms with van der Waals surface area (Å²) in [5.41, 5.74) is 0.585. The number of hydroxylamine groups is 1. The quantitative estimate of drug-likeness (QED) is 0.604. The number of nitrogens with zero attached hydrogens (tertiary/aromatic N) is 2. The Hall–Kier alpha value is 0.373. The second-order valence-corrected chi connectivity index (χ2v) is 7.92. The summed E-state index contributed by atoms with van der Waals surface area (Å²) in [6.07, 6.45) is 0. The van der Waals surface area contributed by atoms with Gasteiger partial charge < -0.3 is 7.43 Å². The Morgan fingerprint density at radius 1 is 1.29 bits per heavy atom. The first-order chi connectivity index (χ1) is 7.32. The molecule has 1 rings (SSSR count). The second kappa shape index (κ2) is 9.32. The number of hydrogen-bond donors (Lipinski definition) is 1. The van der Waals surface area contributed by atoms with Crippen LogP contribution in [0.25, 0.3) is 0 Å². The molecule has 0 aliphatic carbocycles. The van der Waals surface area contributed by atoms with E-state index in [1.165, 1.54) is 5.06 Å². The fraction of sp³-hybridized carbons (Fsp3) is 0.455. The molecule has 6 heteroatoms. The predicted molar refractivity (Wildman–Crippen MR) is 71.1 cm³/mol. The van der Waals surface area contributed by atoms with Crippen LogP contribution in [0.15, 0.2) is 18.2 Å². The number of pyridine rings is 1. The first kappa shape index (κ1) is 19.7. The second-order valence-electron chi connectivity index (χ2n) is 4.19. The Labute approximate surface area is 123 Å². The van der Waals surface area contributed by atoms with E-state index in [2.05, 4.69) is 4.98 Å². The van der Waals surface area contributed by atoms with E-state index in [0.29, 0.717) is 5.82 Å². The number of halogens is 2. The first-order valence-electron chi connectivity index (χ1n) is 4.72. The van der Waals surface area contributed by atoms with Gasteiger partial charge in [0.25, 0.3) is 0 Å². The summed E-state index contributed by atoms with van der Waals surface area (Å²) in [7, 11) is 9.87. The van der Waals surface area contributed by atoms with E-state index >= 15 is 0 Å². The Bertz CT molecular complexity index is 319. The van der Waals surface area contributed by atoms with Crippen molar-refractivity contribution in [3.05, 3.63) is 31.3 Å². The van der Waals surface area contributed by atoms with E-state index in [4.69, 9.17) is 17.0 Å². The van der Waals surface area contributed by atoms with Crippen LogP contribution >= 0.6 is 17.0 Å². The van der Waals surface area contributed by atoms with Gasteiger partial charge >= 0.3 is 37.9 Å². The molecule has 17 heavy (non-hydrogen) atoms. The zero-order chi connectivity index (χ0) is 12.8. The third kappa shape index (κ3) is 8.15. The molecule has 1 heterocycles. The number of anilines is 1. The molecular weight excluding hydrogens is 338 g/mol. The van der Waals surface area contributed by atoms with Crippen LogP contribution in [0.1, 0.15) is 26.5 Å². The van der Waals surface area contributed by atoms with E-state index in [9.17, 15) is 5.21 Å². The molecule has 0 saturated carbocycles. The topological polar surface area (TPSA) is 36.4 Å². The minimum absolute atomic E-state index is 0. The maximum absolute atomic E-state index is 9.75. The van der Waals surface area contributed by atoms with Gasteiger partial charge in [0.2, 0.25) is 0 Å². The van der Waals surface area contributed by atoms with Gasteiger partial charge in [-0.05, 0) is 39.8 Å². The Balaban J connectivity index is 0. The molecule has 0 fully saturated rings. The molecule has 0 aliphatic heterocycles. The van der Waals surface area contributed by atoms with Crippen LogP contribution in [-0.4, -0.2) is 15.7 Å². The van der Waals surface area contributed by atoms with Crippen LogP contribution in [0.3, 0.4) is 0 Å². The third-order valence-corrected chi connectivity index (χ3v) is 1.73. The average Bonchev–Trinajstić information content (AvgIpc) is 2.16. The SMILES string of the molecule is Cc1cccc(N(O)C(C)(C)C)n1.[CH3-].[Cl][Zr+2][Cl]. The zero-order valence-corrected chi connectivity index (χ0v) is 14.8. The normalized spacial score (nSPS) is 9.35. The van der Waals surface area contributed by atoms with Gasteiger partial charge in [0, 0.05) is 5.69 Å². The molecule has 0 aliphatic rings. The van der Waals surface area contributed by atoms with Crippen molar-refractivity contribution in [2.45, 2.75) is 33.2 Å². The molecule has 1 aromatic heterocycles. The van der Waals surface area contributed by atoms with E-state index < -0.39 is 20.8 Å². The van der Waals surface area contributed by atoms with Crippen LogP contribution in [0.2, 0.25) is 0 Å². The number of aryl methyl sites for hydroxylation is 1. The molecule has 1 N–H and O–H groups in total. The van der Waals surface area contributed by atoms with Gasteiger partial charge in [0.15, 0.2) is 5.82 Å². The number of hydrogen-bond acceptors (Lipinski definition) is 3. The molecule has 0 spiro atoms. The standard InChI is InChI=1S/C10H16N2O.CH3.2ClH.Zr/c1-8-6-5-7-9(11-8)12(13)10(2,3)4;;;;/h5-7,13H,1-4H3;1H3;2*1H;/q;-1;;;+4/p-2. The number of rotatable bonds is 1. The third-order valence-electron chi connectivity index (χ3n) is 1.73. The Morgan fingerprint density at radius 2 is 1.76 bits per heavy atom.